The Kier molecular flexibility index (Phi) is 5.41. The van der Waals surface area contributed by atoms with Crippen LogP contribution < -0.4 is 5.32 Å². The zero-order chi connectivity index (χ0) is 12.8. The molecule has 0 aliphatic heterocycles. The van der Waals surface area contributed by atoms with Crippen LogP contribution in [0.3, 0.4) is 0 Å². The zero-order valence-electron chi connectivity index (χ0n) is 10.6. The number of carboxylic acid groups (broad SMARTS) is 1. The summed E-state index contributed by atoms with van der Waals surface area (Å²) in [6.45, 7) is 1.35. The van der Waals surface area contributed by atoms with Crippen molar-refractivity contribution in [2.24, 2.45) is 11.8 Å². The molecule has 2 atom stereocenters. The summed E-state index contributed by atoms with van der Waals surface area (Å²) in [5.41, 5.74) is 0. The summed E-state index contributed by atoms with van der Waals surface area (Å²) >= 11 is 0. The number of hydrogen-bond acceptors (Lipinski definition) is 3. The number of carbonyl (C=O) groups excluding carboxylic acids is 1. The third-order valence-electron chi connectivity index (χ3n) is 3.47. The highest BCUT2D eigenvalue weighted by atomic mass is 16.4. The van der Waals surface area contributed by atoms with Crippen molar-refractivity contribution in [2.45, 2.75) is 25.7 Å². The van der Waals surface area contributed by atoms with Gasteiger partial charge in [-0.05, 0) is 19.9 Å². The van der Waals surface area contributed by atoms with Gasteiger partial charge in [-0.1, -0.05) is 12.8 Å². The fraction of sp³-hybridized carbons (Fsp3) is 0.833. The summed E-state index contributed by atoms with van der Waals surface area (Å²) in [6.07, 6.45) is 3.21. The molecule has 1 saturated carbocycles. The van der Waals surface area contributed by atoms with Gasteiger partial charge in [0.2, 0.25) is 5.91 Å². The van der Waals surface area contributed by atoms with Gasteiger partial charge in [0.1, 0.15) is 0 Å². The Labute approximate surface area is 102 Å². The average molecular weight is 242 g/mol. The van der Waals surface area contributed by atoms with Crippen LogP contribution in [-0.4, -0.2) is 49.1 Å². The molecule has 0 aromatic rings. The highest BCUT2D eigenvalue weighted by Crippen LogP contribution is 2.31. The Bertz CT molecular complexity index is 281. The molecule has 0 saturated heterocycles. The lowest BCUT2D eigenvalue weighted by Crippen LogP contribution is -2.42. The smallest absolute Gasteiger partial charge is 0.307 e. The number of carbonyl (C=O) groups is 2. The van der Waals surface area contributed by atoms with Crippen molar-refractivity contribution in [2.75, 3.05) is 27.2 Å². The Morgan fingerprint density at radius 2 is 1.88 bits per heavy atom. The second-order valence-corrected chi connectivity index (χ2v) is 4.70. The highest BCUT2D eigenvalue weighted by molar-refractivity contribution is 5.84. The molecule has 5 nitrogen and oxygen atoms in total. The van der Waals surface area contributed by atoms with E-state index in [-0.39, 0.29) is 11.8 Å². The fourth-order valence-corrected chi connectivity index (χ4v) is 2.39. The molecule has 1 aliphatic rings. The van der Waals surface area contributed by atoms with Crippen molar-refractivity contribution >= 4 is 11.9 Å². The number of carboxylic acids is 1. The first kappa shape index (κ1) is 14.0. The average Bonchev–Trinajstić information content (AvgIpc) is 2.34. The molecule has 0 aromatic carbocycles. The summed E-state index contributed by atoms with van der Waals surface area (Å²) < 4.78 is 0. The normalized spacial score (nSPS) is 24.4. The topological polar surface area (TPSA) is 69.6 Å². The molecule has 1 aliphatic carbocycles. The van der Waals surface area contributed by atoms with Crippen LogP contribution in [0, 0.1) is 11.8 Å². The summed E-state index contributed by atoms with van der Waals surface area (Å²) in [5.74, 6) is -1.67. The molecular weight excluding hydrogens is 220 g/mol. The first-order valence-electron chi connectivity index (χ1n) is 6.20. The number of likely N-dealkylation sites (N-methyl/N-ethyl adjacent to an activating group) is 2. The summed E-state index contributed by atoms with van der Waals surface area (Å²) in [4.78, 5) is 24.9. The van der Waals surface area contributed by atoms with Gasteiger partial charge in [0.05, 0.1) is 11.8 Å². The number of rotatable bonds is 5. The predicted molar refractivity (Wildman–Crippen MR) is 64.6 cm³/mol. The maximum atomic E-state index is 12.2. The first-order chi connectivity index (χ1) is 8.07. The van der Waals surface area contributed by atoms with Crippen LogP contribution in [0.4, 0.5) is 0 Å². The van der Waals surface area contributed by atoms with Gasteiger partial charge in [0.25, 0.3) is 0 Å². The van der Waals surface area contributed by atoms with E-state index in [4.69, 9.17) is 5.11 Å². The lowest BCUT2D eigenvalue weighted by molar-refractivity contribution is -0.151. The molecule has 5 heteroatoms. The third kappa shape index (κ3) is 3.70. The van der Waals surface area contributed by atoms with Gasteiger partial charge >= 0.3 is 5.97 Å². The number of amides is 1. The highest BCUT2D eigenvalue weighted by Gasteiger charge is 2.36. The molecule has 1 fully saturated rings. The lowest BCUT2D eigenvalue weighted by atomic mass is 9.78. The molecule has 98 valence electrons. The third-order valence-corrected chi connectivity index (χ3v) is 3.47. The van der Waals surface area contributed by atoms with Gasteiger partial charge in [-0.2, -0.15) is 0 Å². The van der Waals surface area contributed by atoms with Crippen molar-refractivity contribution in [3.05, 3.63) is 0 Å². The van der Waals surface area contributed by atoms with Crippen LogP contribution in [0.2, 0.25) is 0 Å². The van der Waals surface area contributed by atoms with E-state index < -0.39 is 11.9 Å². The van der Waals surface area contributed by atoms with E-state index in [2.05, 4.69) is 5.32 Å². The van der Waals surface area contributed by atoms with Crippen LogP contribution in [0.5, 0.6) is 0 Å². The SMILES string of the molecule is CNCCN(C)C(=O)C1CCCCC1C(=O)O. The van der Waals surface area contributed by atoms with Crippen molar-refractivity contribution < 1.29 is 14.7 Å². The summed E-state index contributed by atoms with van der Waals surface area (Å²) in [6, 6.07) is 0. The Balaban J connectivity index is 2.61. The largest absolute Gasteiger partial charge is 0.481 e. The van der Waals surface area contributed by atoms with Crippen LogP contribution >= 0.6 is 0 Å². The predicted octanol–water partition coefficient (Wildman–Crippen LogP) is 0.555. The Morgan fingerprint density at radius 3 is 2.41 bits per heavy atom. The molecule has 0 heterocycles. The second-order valence-electron chi connectivity index (χ2n) is 4.70. The van der Waals surface area contributed by atoms with E-state index in [1.165, 1.54) is 0 Å². The second kappa shape index (κ2) is 6.59. The van der Waals surface area contributed by atoms with Crippen LogP contribution in [-0.2, 0) is 9.59 Å². The molecule has 17 heavy (non-hydrogen) atoms. The van der Waals surface area contributed by atoms with E-state index >= 15 is 0 Å². The van der Waals surface area contributed by atoms with E-state index in [0.717, 1.165) is 19.4 Å². The van der Waals surface area contributed by atoms with E-state index in [1.54, 1.807) is 11.9 Å². The molecule has 1 rings (SSSR count). The molecule has 2 N–H and O–H groups in total. The van der Waals surface area contributed by atoms with Crippen LogP contribution in [0.1, 0.15) is 25.7 Å². The molecule has 2 unspecified atom stereocenters. The number of nitrogens with one attached hydrogen (secondary N) is 1. The van der Waals surface area contributed by atoms with Crippen molar-refractivity contribution in [1.29, 1.82) is 0 Å². The van der Waals surface area contributed by atoms with Gasteiger partial charge in [0.15, 0.2) is 0 Å². The van der Waals surface area contributed by atoms with Crippen molar-refractivity contribution in [1.82, 2.24) is 10.2 Å². The molecule has 1 amide bonds. The Morgan fingerprint density at radius 1 is 1.29 bits per heavy atom. The summed E-state index contributed by atoms with van der Waals surface area (Å²) in [5, 5.41) is 12.1. The maximum Gasteiger partial charge on any atom is 0.307 e. The summed E-state index contributed by atoms with van der Waals surface area (Å²) in [7, 11) is 3.58. The van der Waals surface area contributed by atoms with Crippen molar-refractivity contribution in [3.63, 3.8) is 0 Å². The molecule has 0 spiro atoms. The van der Waals surface area contributed by atoms with E-state index in [9.17, 15) is 9.59 Å². The van der Waals surface area contributed by atoms with E-state index in [0.29, 0.717) is 19.4 Å². The quantitative estimate of drug-likeness (QED) is 0.739. The number of nitrogens with zero attached hydrogens (tertiary/aromatic N) is 1. The minimum absolute atomic E-state index is 0.0210. The molecule has 0 aromatic heterocycles. The molecule has 0 bridgehead atoms. The maximum absolute atomic E-state index is 12.2. The Hall–Kier alpha value is -1.10. The minimum atomic E-state index is -0.829. The number of hydrogen-bond donors (Lipinski definition) is 2. The monoisotopic (exact) mass is 242 g/mol. The molecule has 0 radical (unpaired) electrons. The lowest BCUT2D eigenvalue weighted by Gasteiger charge is -2.31. The first-order valence-corrected chi connectivity index (χ1v) is 6.20. The standard InChI is InChI=1S/C12H22N2O3/c1-13-7-8-14(2)11(15)9-5-3-4-6-10(9)12(16)17/h9-10,13H,3-8H2,1-2H3,(H,16,17). The van der Waals surface area contributed by atoms with Gasteiger partial charge in [0, 0.05) is 20.1 Å². The van der Waals surface area contributed by atoms with Gasteiger partial charge < -0.3 is 15.3 Å². The fourth-order valence-electron chi connectivity index (χ4n) is 2.39. The van der Waals surface area contributed by atoms with E-state index in [1.807, 2.05) is 7.05 Å². The minimum Gasteiger partial charge on any atom is -0.481 e. The van der Waals surface area contributed by atoms with Crippen molar-refractivity contribution in [3.8, 4) is 0 Å². The van der Waals surface area contributed by atoms with Gasteiger partial charge in [-0.3, -0.25) is 9.59 Å². The van der Waals surface area contributed by atoms with Crippen LogP contribution in [0.15, 0.2) is 0 Å². The zero-order valence-corrected chi connectivity index (χ0v) is 10.6. The van der Waals surface area contributed by atoms with Gasteiger partial charge in [-0.25, -0.2) is 0 Å². The van der Waals surface area contributed by atoms with Crippen LogP contribution in [0.25, 0.3) is 0 Å². The number of aliphatic carboxylic acids is 1. The molecular formula is C12H22N2O3. The van der Waals surface area contributed by atoms with Gasteiger partial charge in [-0.15, -0.1) is 0 Å².